The number of carboxylic acids is 3. The number of aliphatic hydroxyl groups excluding tert-OH is 4. The molecule has 3 atom stereocenters. The van der Waals surface area contributed by atoms with E-state index in [4.69, 9.17) is 30.6 Å². The molecule has 0 aromatic rings. The molecule has 0 saturated heterocycles. The number of carbonyl (C=O) groups is 4. The number of hydrogen-bond acceptors (Lipinski definition) is 8. The monoisotopic (exact) mass is 369 g/mol. The molecule has 8 N–H and O–H groups in total. The van der Waals surface area contributed by atoms with Crippen LogP contribution in [0.4, 0.5) is 0 Å². The molecule has 0 rings (SSSR count). The number of carboxylic acid groups (broad SMARTS) is 3. The Labute approximate surface area is 142 Å². The molecule has 0 radical (unpaired) electrons. The first kappa shape index (κ1) is 25.0. The maximum absolute atomic E-state index is 11.3. The normalized spacial score (nSPS) is 14.3. The summed E-state index contributed by atoms with van der Waals surface area (Å²) in [5, 5.41) is 61.5. The minimum Gasteiger partial charge on any atom is -0.481 e. The van der Waals surface area contributed by atoms with Crippen LogP contribution < -0.4 is 5.32 Å². The Morgan fingerprint density at radius 3 is 1.60 bits per heavy atom. The predicted octanol–water partition coefficient (Wildman–Crippen LogP) is -3.17. The Kier molecular flexibility index (Phi) is 11.3. The van der Waals surface area contributed by atoms with Gasteiger partial charge in [-0.05, 0) is 0 Å². The van der Waals surface area contributed by atoms with Gasteiger partial charge in [0, 0.05) is 12.0 Å². The summed E-state index contributed by atoms with van der Waals surface area (Å²) in [5.74, 6) is -5.23. The van der Waals surface area contributed by atoms with Crippen molar-refractivity contribution in [2.45, 2.75) is 38.6 Å². The Bertz CT molecular complexity index is 459. The second kappa shape index (κ2) is 11.3. The van der Waals surface area contributed by atoms with Crippen LogP contribution in [0.15, 0.2) is 0 Å². The van der Waals surface area contributed by atoms with E-state index in [9.17, 15) is 24.3 Å². The van der Waals surface area contributed by atoms with Crippen LogP contribution in [-0.2, 0) is 19.2 Å². The summed E-state index contributed by atoms with van der Waals surface area (Å²) in [7, 11) is 0. The van der Waals surface area contributed by atoms with E-state index in [0.29, 0.717) is 0 Å². The van der Waals surface area contributed by atoms with Gasteiger partial charge in [-0.25, -0.2) is 9.59 Å². The Balaban J connectivity index is 0. The summed E-state index contributed by atoms with van der Waals surface area (Å²) in [4.78, 5) is 41.0. The highest BCUT2D eigenvalue weighted by Crippen LogP contribution is 2.19. The Morgan fingerprint density at radius 1 is 0.920 bits per heavy atom. The molecule has 0 aliphatic heterocycles. The lowest BCUT2D eigenvalue weighted by molar-refractivity contribution is -0.165. The fourth-order valence-electron chi connectivity index (χ4n) is 1.10. The zero-order valence-electron chi connectivity index (χ0n) is 13.6. The molecule has 146 valence electrons. The number of nitrogens with one attached hydrogen (secondary N) is 1. The summed E-state index contributed by atoms with van der Waals surface area (Å²) < 4.78 is 0. The van der Waals surface area contributed by atoms with Crippen molar-refractivity contribution in [3.8, 4) is 0 Å². The number of aliphatic hydroxyl groups is 4. The van der Waals surface area contributed by atoms with Gasteiger partial charge in [-0.15, -0.1) is 0 Å². The molecule has 0 aromatic heterocycles. The Hall–Kier alpha value is -2.28. The van der Waals surface area contributed by atoms with Gasteiger partial charge >= 0.3 is 17.9 Å². The summed E-state index contributed by atoms with van der Waals surface area (Å²) in [5.41, 5.74) is -0.937. The largest absolute Gasteiger partial charge is 0.481 e. The molecule has 3 unspecified atom stereocenters. The van der Waals surface area contributed by atoms with E-state index in [1.165, 1.54) is 13.8 Å². The average Bonchev–Trinajstić information content (AvgIpc) is 2.52. The first-order valence-corrected chi connectivity index (χ1v) is 6.88. The second-order valence-corrected chi connectivity index (χ2v) is 5.55. The molecule has 12 nitrogen and oxygen atoms in total. The maximum Gasteiger partial charge on any atom is 0.335 e. The van der Waals surface area contributed by atoms with Crippen molar-refractivity contribution in [2.24, 2.45) is 5.41 Å². The lowest BCUT2D eigenvalue weighted by Crippen LogP contribution is -2.45. The van der Waals surface area contributed by atoms with Crippen molar-refractivity contribution in [1.82, 2.24) is 5.32 Å². The molecular formula is C13H23NO11. The fourth-order valence-corrected chi connectivity index (χ4v) is 1.10. The fraction of sp³-hybridized carbons (Fsp3) is 0.692. The van der Waals surface area contributed by atoms with Crippen molar-refractivity contribution in [2.75, 3.05) is 13.2 Å². The summed E-state index contributed by atoms with van der Waals surface area (Å²) in [6.07, 6.45) is -6.08. The molecule has 0 saturated carbocycles. The third kappa shape index (κ3) is 10.2. The molecule has 25 heavy (non-hydrogen) atoms. The van der Waals surface area contributed by atoms with E-state index >= 15 is 0 Å². The SMILES string of the molecule is CC(C)(CO)C(O)C(=O)NCCC(=O)O.O=C(O)C(O)C(O)C(=O)O. The van der Waals surface area contributed by atoms with Crippen molar-refractivity contribution < 1.29 is 54.9 Å². The van der Waals surface area contributed by atoms with Crippen LogP contribution in [0, 0.1) is 5.41 Å². The van der Waals surface area contributed by atoms with Gasteiger partial charge in [0.15, 0.2) is 12.2 Å². The van der Waals surface area contributed by atoms with Crippen LogP contribution >= 0.6 is 0 Å². The van der Waals surface area contributed by atoms with Crippen LogP contribution in [0.1, 0.15) is 20.3 Å². The van der Waals surface area contributed by atoms with E-state index in [1.54, 1.807) is 0 Å². The molecule has 0 spiro atoms. The zero-order chi connectivity index (χ0) is 20.4. The van der Waals surface area contributed by atoms with Gasteiger partial charge in [0.25, 0.3) is 0 Å². The van der Waals surface area contributed by atoms with Crippen molar-refractivity contribution in [3.05, 3.63) is 0 Å². The molecule has 12 heteroatoms. The van der Waals surface area contributed by atoms with Gasteiger partial charge in [0.2, 0.25) is 5.91 Å². The third-order valence-electron chi connectivity index (χ3n) is 2.84. The van der Waals surface area contributed by atoms with Crippen molar-refractivity contribution in [3.63, 3.8) is 0 Å². The van der Waals surface area contributed by atoms with E-state index < -0.39 is 47.5 Å². The average molecular weight is 369 g/mol. The second-order valence-electron chi connectivity index (χ2n) is 5.55. The summed E-state index contributed by atoms with van der Waals surface area (Å²) >= 11 is 0. The lowest BCUT2D eigenvalue weighted by atomic mass is 9.87. The maximum atomic E-state index is 11.3. The van der Waals surface area contributed by atoms with Gasteiger partial charge in [-0.3, -0.25) is 9.59 Å². The topological polar surface area (TPSA) is 222 Å². The summed E-state index contributed by atoms with van der Waals surface area (Å²) in [6.45, 7) is 2.70. The van der Waals surface area contributed by atoms with E-state index in [1.807, 2.05) is 0 Å². The van der Waals surface area contributed by atoms with Gasteiger partial charge in [0.1, 0.15) is 6.10 Å². The van der Waals surface area contributed by atoms with Crippen LogP contribution in [0.2, 0.25) is 0 Å². The highest BCUT2D eigenvalue weighted by Gasteiger charge is 2.32. The highest BCUT2D eigenvalue weighted by molar-refractivity contribution is 5.83. The van der Waals surface area contributed by atoms with Gasteiger partial charge in [-0.2, -0.15) is 0 Å². The molecule has 0 fully saturated rings. The summed E-state index contributed by atoms with van der Waals surface area (Å²) in [6, 6.07) is 0. The van der Waals surface area contributed by atoms with Gasteiger partial charge in [-0.1, -0.05) is 13.8 Å². The molecule has 0 aliphatic carbocycles. The number of carbonyl (C=O) groups excluding carboxylic acids is 1. The van der Waals surface area contributed by atoms with Crippen LogP contribution in [0.3, 0.4) is 0 Å². The number of aliphatic carboxylic acids is 3. The standard InChI is InChI=1S/C9H17NO5.C4H6O6/c1-9(2,5-11)7(14)8(15)10-4-3-6(12)13;5-1(3(7)8)2(6)4(9)10/h7,11,14H,3-5H2,1-2H3,(H,10,15)(H,12,13);1-2,5-6H,(H,7,8)(H,9,10). The smallest absolute Gasteiger partial charge is 0.335 e. The van der Waals surface area contributed by atoms with Gasteiger partial charge in [0.05, 0.1) is 13.0 Å². The van der Waals surface area contributed by atoms with Gasteiger partial charge < -0.3 is 41.1 Å². The van der Waals surface area contributed by atoms with Crippen LogP contribution in [-0.4, -0.2) is 91.0 Å². The third-order valence-corrected chi connectivity index (χ3v) is 2.84. The minimum atomic E-state index is -2.27. The van der Waals surface area contributed by atoms with Crippen LogP contribution in [0.25, 0.3) is 0 Å². The lowest BCUT2D eigenvalue weighted by Gasteiger charge is -2.26. The predicted molar refractivity (Wildman–Crippen MR) is 79.4 cm³/mol. The van der Waals surface area contributed by atoms with Crippen molar-refractivity contribution in [1.29, 1.82) is 0 Å². The number of rotatable bonds is 9. The van der Waals surface area contributed by atoms with E-state index in [-0.39, 0.29) is 19.6 Å². The zero-order valence-corrected chi connectivity index (χ0v) is 13.6. The first-order chi connectivity index (χ1) is 11.3. The molecular weight excluding hydrogens is 346 g/mol. The number of hydrogen-bond donors (Lipinski definition) is 8. The highest BCUT2D eigenvalue weighted by atomic mass is 16.4. The molecule has 0 heterocycles. The minimum absolute atomic E-state index is 0.0350. The first-order valence-electron chi connectivity index (χ1n) is 6.88. The molecule has 0 bridgehead atoms. The van der Waals surface area contributed by atoms with Crippen molar-refractivity contribution >= 4 is 23.8 Å². The van der Waals surface area contributed by atoms with E-state index in [2.05, 4.69) is 5.32 Å². The number of amides is 1. The molecule has 0 aromatic carbocycles. The molecule has 0 aliphatic rings. The van der Waals surface area contributed by atoms with Crippen LogP contribution in [0.5, 0.6) is 0 Å². The van der Waals surface area contributed by atoms with E-state index in [0.717, 1.165) is 0 Å². The molecule has 1 amide bonds. The quantitative estimate of drug-likeness (QED) is 0.202. The Morgan fingerprint density at radius 2 is 1.32 bits per heavy atom.